The number of hydrogen-bond donors (Lipinski definition) is 2. The highest BCUT2D eigenvalue weighted by Gasteiger charge is 2.29. The quantitative estimate of drug-likeness (QED) is 0.725. The molecular weight excluding hydrogens is 408 g/mol. The van der Waals surface area contributed by atoms with Crippen LogP contribution in [0.2, 0.25) is 0 Å². The molecule has 2 amide bonds. The fraction of sp³-hybridized carbons (Fsp3) is 0.320. The zero-order valence-corrected chi connectivity index (χ0v) is 17.9. The van der Waals surface area contributed by atoms with Gasteiger partial charge in [-0.25, -0.2) is 9.59 Å². The molecule has 1 aliphatic heterocycles. The number of ether oxygens (including phenoxy) is 1. The number of benzene rings is 2. The number of amides is 2. The highest BCUT2D eigenvalue weighted by Crippen LogP contribution is 2.44. The van der Waals surface area contributed by atoms with Crippen LogP contribution in [0.25, 0.3) is 11.1 Å². The minimum atomic E-state index is -0.942. The van der Waals surface area contributed by atoms with Crippen molar-refractivity contribution in [1.82, 2.24) is 10.2 Å². The van der Waals surface area contributed by atoms with Crippen molar-refractivity contribution in [3.05, 3.63) is 71.3 Å². The molecule has 0 spiro atoms. The number of nitrogens with zero attached hydrogens (tertiary/aromatic N) is 1. The number of hydrogen-bond acceptors (Lipinski definition) is 4. The van der Waals surface area contributed by atoms with Crippen molar-refractivity contribution < 1.29 is 24.2 Å². The summed E-state index contributed by atoms with van der Waals surface area (Å²) in [6, 6.07) is 15.9. The molecule has 1 heterocycles. The smallest absolute Gasteiger partial charge is 0.407 e. The number of carboxylic acid groups (broad SMARTS) is 1. The number of carbonyl (C=O) groups is 3. The number of aliphatic carboxylic acids is 1. The number of carboxylic acids is 1. The second-order valence-electron chi connectivity index (χ2n) is 8.20. The molecule has 7 nitrogen and oxygen atoms in total. The molecule has 1 atom stereocenters. The first-order valence-electron chi connectivity index (χ1n) is 10.8. The van der Waals surface area contributed by atoms with Gasteiger partial charge in [-0.15, -0.1) is 0 Å². The van der Waals surface area contributed by atoms with Crippen LogP contribution in [0.15, 0.2) is 60.2 Å². The van der Waals surface area contributed by atoms with E-state index in [0.29, 0.717) is 18.5 Å². The summed E-state index contributed by atoms with van der Waals surface area (Å²) in [5.74, 6) is -1.09. The average Bonchev–Trinajstić information content (AvgIpc) is 3.11. The molecule has 2 aromatic carbocycles. The predicted molar refractivity (Wildman–Crippen MR) is 119 cm³/mol. The molecule has 0 saturated carbocycles. The zero-order valence-electron chi connectivity index (χ0n) is 17.9. The van der Waals surface area contributed by atoms with Gasteiger partial charge in [0.15, 0.2) is 0 Å². The third-order valence-electron chi connectivity index (χ3n) is 6.03. The SMILES string of the molecule is C[C@H](CC(=O)N1CC=C(C(=O)O)CC1)NC(=O)OCC1c2ccccc2-c2ccccc21. The molecule has 1 aliphatic carbocycles. The summed E-state index contributed by atoms with van der Waals surface area (Å²) < 4.78 is 5.53. The third-order valence-corrected chi connectivity index (χ3v) is 6.03. The normalized spacial score (nSPS) is 15.9. The molecule has 0 unspecified atom stereocenters. The van der Waals surface area contributed by atoms with Crippen LogP contribution >= 0.6 is 0 Å². The maximum absolute atomic E-state index is 12.5. The van der Waals surface area contributed by atoms with Gasteiger partial charge < -0.3 is 20.1 Å². The van der Waals surface area contributed by atoms with Gasteiger partial charge in [0.05, 0.1) is 0 Å². The Morgan fingerprint density at radius 3 is 2.28 bits per heavy atom. The largest absolute Gasteiger partial charge is 0.478 e. The van der Waals surface area contributed by atoms with Crippen molar-refractivity contribution in [2.45, 2.75) is 31.7 Å². The molecule has 0 fully saturated rings. The lowest BCUT2D eigenvalue weighted by atomic mass is 9.98. The minimum absolute atomic E-state index is 0.0198. The molecule has 2 aliphatic rings. The summed E-state index contributed by atoms with van der Waals surface area (Å²) in [4.78, 5) is 37.4. The van der Waals surface area contributed by atoms with Crippen molar-refractivity contribution >= 4 is 18.0 Å². The zero-order chi connectivity index (χ0) is 22.7. The van der Waals surface area contributed by atoms with E-state index in [0.717, 1.165) is 22.3 Å². The van der Waals surface area contributed by atoms with E-state index in [1.807, 2.05) is 24.3 Å². The number of carbonyl (C=O) groups excluding carboxylic acids is 2. The Labute approximate surface area is 186 Å². The van der Waals surface area contributed by atoms with Crippen molar-refractivity contribution in [2.24, 2.45) is 0 Å². The van der Waals surface area contributed by atoms with Gasteiger partial charge in [-0.05, 0) is 35.6 Å². The average molecular weight is 434 g/mol. The lowest BCUT2D eigenvalue weighted by Crippen LogP contribution is -2.41. The van der Waals surface area contributed by atoms with Gasteiger partial charge in [0.2, 0.25) is 5.91 Å². The monoisotopic (exact) mass is 434 g/mol. The minimum Gasteiger partial charge on any atom is -0.478 e. The molecule has 0 radical (unpaired) electrons. The number of alkyl carbamates (subject to hydrolysis) is 1. The van der Waals surface area contributed by atoms with Crippen LogP contribution in [0.3, 0.4) is 0 Å². The molecule has 2 N–H and O–H groups in total. The second kappa shape index (κ2) is 9.26. The van der Waals surface area contributed by atoms with Gasteiger partial charge in [0, 0.05) is 37.0 Å². The summed E-state index contributed by atoms with van der Waals surface area (Å²) in [6.45, 7) is 2.62. The van der Waals surface area contributed by atoms with Gasteiger partial charge in [-0.1, -0.05) is 54.6 Å². The summed E-state index contributed by atoms with van der Waals surface area (Å²) in [6.07, 6.45) is 1.46. The Kier molecular flexibility index (Phi) is 6.25. The Bertz CT molecular complexity index is 1030. The number of rotatable bonds is 6. The second-order valence-corrected chi connectivity index (χ2v) is 8.20. The fourth-order valence-corrected chi connectivity index (χ4v) is 4.37. The van der Waals surface area contributed by atoms with Crippen LogP contribution in [-0.4, -0.2) is 53.7 Å². The summed E-state index contributed by atoms with van der Waals surface area (Å²) >= 11 is 0. The van der Waals surface area contributed by atoms with Crippen LogP contribution in [0, 0.1) is 0 Å². The van der Waals surface area contributed by atoms with Gasteiger partial charge in [-0.2, -0.15) is 0 Å². The fourth-order valence-electron chi connectivity index (χ4n) is 4.37. The molecular formula is C25H26N2O5. The topological polar surface area (TPSA) is 95.9 Å². The summed E-state index contributed by atoms with van der Waals surface area (Å²) in [5, 5.41) is 11.7. The summed E-state index contributed by atoms with van der Waals surface area (Å²) in [5.41, 5.74) is 4.95. The van der Waals surface area contributed by atoms with Crippen molar-refractivity contribution in [1.29, 1.82) is 0 Å². The Balaban J connectivity index is 1.29. The molecule has 166 valence electrons. The van der Waals surface area contributed by atoms with Crippen molar-refractivity contribution in [3.8, 4) is 11.1 Å². The Hall–Kier alpha value is -3.61. The van der Waals surface area contributed by atoms with Crippen LogP contribution in [0.5, 0.6) is 0 Å². The first kappa shape index (κ1) is 21.6. The molecule has 0 saturated heterocycles. The third kappa shape index (κ3) is 4.51. The molecule has 0 aromatic heterocycles. The standard InChI is InChI=1S/C25H26N2O5/c1-16(14-23(28)27-12-10-17(11-13-27)24(29)30)26-25(31)32-15-22-20-8-4-2-6-18(20)19-7-3-5-9-21(19)22/h2-10,16,22H,11-15H2,1H3,(H,26,31)(H,29,30)/t16-/m1/s1. The van der Waals surface area contributed by atoms with Gasteiger partial charge in [0.1, 0.15) is 6.61 Å². The molecule has 4 rings (SSSR count). The molecule has 2 aromatic rings. The van der Waals surface area contributed by atoms with Crippen LogP contribution < -0.4 is 5.32 Å². The van der Waals surface area contributed by atoms with Crippen molar-refractivity contribution in [2.75, 3.05) is 19.7 Å². The van der Waals surface area contributed by atoms with E-state index in [1.54, 1.807) is 17.9 Å². The van der Waals surface area contributed by atoms with Gasteiger partial charge in [0.25, 0.3) is 0 Å². The van der Waals surface area contributed by atoms with E-state index in [-0.39, 0.29) is 31.4 Å². The highest BCUT2D eigenvalue weighted by atomic mass is 16.5. The Morgan fingerprint density at radius 1 is 1.09 bits per heavy atom. The van der Waals surface area contributed by atoms with Crippen molar-refractivity contribution in [3.63, 3.8) is 0 Å². The lowest BCUT2D eigenvalue weighted by Gasteiger charge is -2.26. The molecule has 32 heavy (non-hydrogen) atoms. The highest BCUT2D eigenvalue weighted by molar-refractivity contribution is 5.87. The van der Waals surface area contributed by atoms with Gasteiger partial charge in [-0.3, -0.25) is 4.79 Å². The van der Waals surface area contributed by atoms with E-state index in [4.69, 9.17) is 9.84 Å². The summed E-state index contributed by atoms with van der Waals surface area (Å²) in [7, 11) is 0. The van der Waals surface area contributed by atoms with Crippen LogP contribution in [0.4, 0.5) is 4.79 Å². The van der Waals surface area contributed by atoms with Crippen LogP contribution in [-0.2, 0) is 14.3 Å². The predicted octanol–water partition coefficient (Wildman–Crippen LogP) is 3.55. The molecule has 0 bridgehead atoms. The van der Waals surface area contributed by atoms with E-state index < -0.39 is 18.1 Å². The van der Waals surface area contributed by atoms with E-state index in [9.17, 15) is 14.4 Å². The van der Waals surface area contributed by atoms with Gasteiger partial charge >= 0.3 is 12.1 Å². The number of fused-ring (bicyclic) bond motifs is 3. The van der Waals surface area contributed by atoms with E-state index in [2.05, 4.69) is 29.6 Å². The maximum Gasteiger partial charge on any atom is 0.407 e. The lowest BCUT2D eigenvalue weighted by molar-refractivity contribution is -0.135. The number of nitrogens with one attached hydrogen (secondary N) is 1. The van der Waals surface area contributed by atoms with E-state index >= 15 is 0 Å². The maximum atomic E-state index is 12.5. The first-order chi connectivity index (χ1) is 15.4. The first-order valence-corrected chi connectivity index (χ1v) is 10.8. The Morgan fingerprint density at radius 2 is 1.72 bits per heavy atom. The van der Waals surface area contributed by atoms with Crippen LogP contribution in [0.1, 0.15) is 36.8 Å². The molecule has 7 heteroatoms. The van der Waals surface area contributed by atoms with E-state index in [1.165, 1.54) is 0 Å².